The summed E-state index contributed by atoms with van der Waals surface area (Å²) < 4.78 is 4.29. The first kappa shape index (κ1) is 24.6. The van der Waals surface area contributed by atoms with E-state index in [1.807, 2.05) is 49.5 Å². The average Bonchev–Trinajstić information content (AvgIpc) is 3.25. The number of non-ortho nitro benzene ring substituents is 1. The summed E-state index contributed by atoms with van der Waals surface area (Å²) >= 11 is 3.45. The molecule has 5 aromatic rings. The minimum Gasteiger partial charge on any atom is -0.342 e. The van der Waals surface area contributed by atoms with E-state index in [2.05, 4.69) is 32.5 Å². The number of aromatic nitrogens is 3. The average molecular weight is 558 g/mol. The Morgan fingerprint density at radius 2 is 1.86 bits per heavy atom. The Hall–Kier alpha value is -4.11. The fourth-order valence-corrected chi connectivity index (χ4v) is 4.69. The van der Waals surface area contributed by atoms with Crippen molar-refractivity contribution in [1.82, 2.24) is 14.2 Å². The van der Waals surface area contributed by atoms with Gasteiger partial charge in [0.2, 0.25) is 0 Å². The van der Waals surface area contributed by atoms with Gasteiger partial charge in [0, 0.05) is 51.7 Å². The van der Waals surface area contributed by atoms with Crippen LogP contribution in [0.1, 0.15) is 43.1 Å². The number of benzene rings is 3. The van der Waals surface area contributed by atoms with Crippen molar-refractivity contribution in [1.29, 1.82) is 0 Å². The molecule has 8 nitrogen and oxygen atoms in total. The van der Waals surface area contributed by atoms with Gasteiger partial charge in [0.15, 0.2) is 0 Å². The lowest BCUT2D eigenvalue weighted by atomic mass is 10.1. The lowest BCUT2D eigenvalue weighted by Gasteiger charge is -2.13. The fraction of sp³-hybridized carbons (Fsp3) is 0.179. The lowest BCUT2D eigenvalue weighted by Crippen LogP contribution is -2.23. The molecule has 0 saturated carbocycles. The number of halogens is 1. The highest BCUT2D eigenvalue weighted by molar-refractivity contribution is 9.10. The number of rotatable bonds is 7. The molecule has 0 aliphatic heterocycles. The van der Waals surface area contributed by atoms with Crippen molar-refractivity contribution in [2.45, 2.75) is 32.7 Å². The van der Waals surface area contributed by atoms with Gasteiger partial charge in [0.1, 0.15) is 5.82 Å². The van der Waals surface area contributed by atoms with E-state index in [0.717, 1.165) is 32.9 Å². The monoisotopic (exact) mass is 557 g/mol. The van der Waals surface area contributed by atoms with Crippen LogP contribution in [0.15, 0.2) is 87.3 Å². The molecule has 37 heavy (non-hydrogen) atoms. The molecule has 3 aromatic carbocycles. The van der Waals surface area contributed by atoms with E-state index in [1.165, 1.54) is 16.8 Å². The van der Waals surface area contributed by atoms with Crippen LogP contribution in [-0.4, -0.2) is 25.4 Å². The van der Waals surface area contributed by atoms with Crippen LogP contribution in [0.4, 0.5) is 5.69 Å². The second-order valence-electron chi connectivity index (χ2n) is 8.96. The van der Waals surface area contributed by atoms with Crippen LogP contribution in [0.5, 0.6) is 0 Å². The zero-order valence-electron chi connectivity index (χ0n) is 20.3. The molecule has 2 aromatic heterocycles. The Bertz CT molecular complexity index is 1720. The summed E-state index contributed by atoms with van der Waals surface area (Å²) in [6, 6.07) is 20.0. The van der Waals surface area contributed by atoms with Crippen molar-refractivity contribution in [3.63, 3.8) is 0 Å². The van der Waals surface area contributed by atoms with Gasteiger partial charge in [0.05, 0.1) is 22.0 Å². The molecule has 0 spiro atoms. The summed E-state index contributed by atoms with van der Waals surface area (Å²) in [7, 11) is 0. The minimum atomic E-state index is -0.403. The standard InChI is InChI=1S/C28H24BrN5O3/c1-3-18(2)27-31-25-13-10-21(29)14-24(25)28(35)33(27)30-15-20-17-32(26-7-5-4-6-23(20)26)16-19-8-11-22(12-9-19)34(36)37/h4-15,17-18H,3,16H2,1-2H3/t18-/m1/s1. The summed E-state index contributed by atoms with van der Waals surface area (Å²) in [6.07, 6.45) is 4.50. The highest BCUT2D eigenvalue weighted by Crippen LogP contribution is 2.24. The van der Waals surface area contributed by atoms with E-state index in [0.29, 0.717) is 23.3 Å². The highest BCUT2D eigenvalue weighted by atomic mass is 79.9. The topological polar surface area (TPSA) is 95.3 Å². The van der Waals surface area contributed by atoms with E-state index in [9.17, 15) is 14.9 Å². The van der Waals surface area contributed by atoms with E-state index in [1.54, 1.807) is 24.4 Å². The molecule has 0 amide bonds. The third-order valence-electron chi connectivity index (χ3n) is 6.52. The second-order valence-corrected chi connectivity index (χ2v) is 9.87. The summed E-state index contributed by atoms with van der Waals surface area (Å²) in [4.78, 5) is 28.8. The SMILES string of the molecule is CC[C@@H](C)c1nc2ccc(Br)cc2c(=O)n1N=Cc1cn(Cc2ccc([N+](=O)[O-])cc2)c2ccccc12. The Balaban J connectivity index is 1.58. The van der Waals surface area contributed by atoms with Gasteiger partial charge in [-0.3, -0.25) is 14.9 Å². The molecule has 0 bridgehead atoms. The molecule has 0 aliphatic rings. The van der Waals surface area contributed by atoms with Gasteiger partial charge in [-0.2, -0.15) is 9.78 Å². The predicted molar refractivity (Wildman–Crippen MR) is 150 cm³/mol. The van der Waals surface area contributed by atoms with Gasteiger partial charge in [-0.25, -0.2) is 4.98 Å². The van der Waals surface area contributed by atoms with Gasteiger partial charge in [-0.05, 0) is 36.2 Å². The molecule has 0 fully saturated rings. The van der Waals surface area contributed by atoms with Crippen LogP contribution >= 0.6 is 15.9 Å². The maximum Gasteiger partial charge on any atom is 0.282 e. The Kier molecular flexibility index (Phi) is 6.71. The number of para-hydroxylation sites is 1. The molecular weight excluding hydrogens is 534 g/mol. The first-order chi connectivity index (χ1) is 17.9. The van der Waals surface area contributed by atoms with Gasteiger partial charge >= 0.3 is 0 Å². The number of hydrogen-bond donors (Lipinski definition) is 0. The predicted octanol–water partition coefficient (Wildman–Crippen LogP) is 6.47. The fourth-order valence-electron chi connectivity index (χ4n) is 4.33. The van der Waals surface area contributed by atoms with Crippen molar-refractivity contribution in [2.75, 3.05) is 0 Å². The zero-order valence-corrected chi connectivity index (χ0v) is 21.9. The molecule has 2 heterocycles. The van der Waals surface area contributed by atoms with E-state index < -0.39 is 4.92 Å². The summed E-state index contributed by atoms with van der Waals surface area (Å²) in [6.45, 7) is 4.63. The van der Waals surface area contributed by atoms with Crippen molar-refractivity contribution in [2.24, 2.45) is 5.10 Å². The molecule has 1 atom stereocenters. The summed E-state index contributed by atoms with van der Waals surface area (Å²) in [5.41, 5.74) is 3.29. The summed E-state index contributed by atoms with van der Waals surface area (Å²) in [5, 5.41) is 17.1. The van der Waals surface area contributed by atoms with Crippen molar-refractivity contribution < 1.29 is 4.92 Å². The first-order valence-electron chi connectivity index (χ1n) is 11.9. The normalized spacial score (nSPS) is 12.5. The van der Waals surface area contributed by atoms with Crippen molar-refractivity contribution >= 4 is 49.6 Å². The molecular formula is C28H24BrN5O3. The molecule has 0 N–H and O–H groups in total. The van der Waals surface area contributed by atoms with Gasteiger partial charge in [-0.1, -0.05) is 60.1 Å². The molecule has 0 unspecified atom stereocenters. The third-order valence-corrected chi connectivity index (χ3v) is 7.01. The number of nitro benzene ring substituents is 1. The van der Waals surface area contributed by atoms with E-state index >= 15 is 0 Å². The zero-order chi connectivity index (χ0) is 26.1. The minimum absolute atomic E-state index is 0.0429. The van der Waals surface area contributed by atoms with Crippen LogP contribution in [0.3, 0.4) is 0 Å². The van der Waals surface area contributed by atoms with E-state index in [4.69, 9.17) is 4.98 Å². The summed E-state index contributed by atoms with van der Waals surface area (Å²) in [5.74, 6) is 0.662. The van der Waals surface area contributed by atoms with Crippen LogP contribution in [-0.2, 0) is 6.54 Å². The second kappa shape index (κ2) is 10.1. The van der Waals surface area contributed by atoms with Crippen molar-refractivity contribution in [3.8, 4) is 0 Å². The quantitative estimate of drug-likeness (QED) is 0.130. The number of hydrogen-bond acceptors (Lipinski definition) is 5. The number of nitrogens with zero attached hydrogens (tertiary/aromatic N) is 5. The van der Waals surface area contributed by atoms with Crippen LogP contribution < -0.4 is 5.56 Å². The number of nitro groups is 1. The first-order valence-corrected chi connectivity index (χ1v) is 12.7. The highest BCUT2D eigenvalue weighted by Gasteiger charge is 2.16. The van der Waals surface area contributed by atoms with E-state index in [-0.39, 0.29) is 17.2 Å². The van der Waals surface area contributed by atoms with Crippen molar-refractivity contribution in [3.05, 3.63) is 115 Å². The maximum atomic E-state index is 13.5. The van der Waals surface area contributed by atoms with Gasteiger partial charge in [-0.15, -0.1) is 0 Å². The van der Waals surface area contributed by atoms with Gasteiger partial charge < -0.3 is 4.57 Å². The Labute approximate surface area is 221 Å². The smallest absolute Gasteiger partial charge is 0.282 e. The number of fused-ring (bicyclic) bond motifs is 2. The molecule has 0 saturated heterocycles. The third kappa shape index (κ3) is 4.82. The molecule has 0 aliphatic carbocycles. The molecule has 0 radical (unpaired) electrons. The maximum absolute atomic E-state index is 13.5. The Morgan fingerprint density at radius 3 is 2.59 bits per heavy atom. The largest absolute Gasteiger partial charge is 0.342 e. The van der Waals surface area contributed by atoms with Crippen LogP contribution in [0.25, 0.3) is 21.8 Å². The van der Waals surface area contributed by atoms with Gasteiger partial charge in [0.25, 0.3) is 11.2 Å². The van der Waals surface area contributed by atoms with Crippen LogP contribution in [0.2, 0.25) is 0 Å². The molecule has 9 heteroatoms. The molecule has 186 valence electrons. The Morgan fingerprint density at radius 1 is 1.11 bits per heavy atom. The molecule has 5 rings (SSSR count). The van der Waals surface area contributed by atoms with Crippen LogP contribution in [0, 0.1) is 10.1 Å². The lowest BCUT2D eigenvalue weighted by molar-refractivity contribution is -0.384.